The maximum absolute atomic E-state index is 12.4. The fourth-order valence-corrected chi connectivity index (χ4v) is 3.54. The first-order chi connectivity index (χ1) is 12.3. The van der Waals surface area contributed by atoms with Crippen LogP contribution in [0.1, 0.15) is 38.3 Å². The molecule has 3 rings (SSSR count). The average Bonchev–Trinajstić information content (AvgIpc) is 2.99. The Kier molecular flexibility index (Phi) is 4.90. The summed E-state index contributed by atoms with van der Waals surface area (Å²) in [5.41, 5.74) is 3.23. The highest BCUT2D eigenvalue weighted by Gasteiger charge is 2.28. The number of pyridine rings is 1. The second-order valence-electron chi connectivity index (χ2n) is 7.85. The van der Waals surface area contributed by atoms with Crippen molar-refractivity contribution in [3.63, 3.8) is 0 Å². The smallest absolute Gasteiger partial charge is 0.255 e. The molecule has 2 heterocycles. The van der Waals surface area contributed by atoms with Gasteiger partial charge in [-0.1, -0.05) is 20.8 Å². The van der Waals surface area contributed by atoms with Crippen molar-refractivity contribution < 1.29 is 9.53 Å². The first-order valence-electron chi connectivity index (χ1n) is 8.98. The Morgan fingerprint density at radius 1 is 1.19 bits per heavy atom. The van der Waals surface area contributed by atoms with E-state index in [2.05, 4.69) is 31.1 Å². The number of aromatic amines is 1. The normalized spacial score (nSPS) is 17.2. The first-order valence-corrected chi connectivity index (χ1v) is 8.98. The van der Waals surface area contributed by atoms with E-state index in [1.54, 1.807) is 13.3 Å². The fourth-order valence-electron chi connectivity index (χ4n) is 3.54. The van der Waals surface area contributed by atoms with Crippen molar-refractivity contribution in [3.05, 3.63) is 51.9 Å². The molecule has 1 saturated heterocycles. The highest BCUT2D eigenvalue weighted by atomic mass is 16.5. The van der Waals surface area contributed by atoms with E-state index in [4.69, 9.17) is 4.74 Å². The molecule has 1 fully saturated rings. The molecule has 1 aromatic heterocycles. The largest absolute Gasteiger partial charge is 0.496 e. The van der Waals surface area contributed by atoms with Gasteiger partial charge in [0.15, 0.2) is 0 Å². The molecule has 138 valence electrons. The summed E-state index contributed by atoms with van der Waals surface area (Å²) in [5, 5.41) is 2.89. The van der Waals surface area contributed by atoms with Gasteiger partial charge in [-0.15, -0.1) is 0 Å². The molecule has 1 aromatic carbocycles. The number of carbonyl (C=O) groups excluding carboxylic acids is 1. The van der Waals surface area contributed by atoms with Crippen LogP contribution in [0, 0.1) is 5.92 Å². The number of ether oxygens (including phenoxy) is 1. The second kappa shape index (κ2) is 6.98. The highest BCUT2D eigenvalue weighted by Crippen LogP contribution is 2.38. The molecule has 0 bridgehead atoms. The fraction of sp³-hybridized carbons (Fsp3) is 0.429. The van der Waals surface area contributed by atoms with Gasteiger partial charge in [0.2, 0.25) is 5.91 Å². The van der Waals surface area contributed by atoms with Crippen LogP contribution in [0.4, 0.5) is 0 Å². The molecule has 5 nitrogen and oxygen atoms in total. The van der Waals surface area contributed by atoms with Crippen molar-refractivity contribution in [1.29, 1.82) is 0 Å². The zero-order chi connectivity index (χ0) is 18.9. The predicted octanol–water partition coefficient (Wildman–Crippen LogP) is 3.03. The molecular weight excluding hydrogens is 328 g/mol. The molecule has 1 aliphatic rings. The lowest BCUT2D eigenvalue weighted by atomic mass is 9.82. The van der Waals surface area contributed by atoms with Gasteiger partial charge < -0.3 is 15.0 Å². The number of rotatable bonds is 4. The molecule has 2 N–H and O–H groups in total. The Balaban J connectivity index is 2.19. The Hall–Kier alpha value is -2.56. The van der Waals surface area contributed by atoms with Gasteiger partial charge in [-0.25, -0.2) is 0 Å². The monoisotopic (exact) mass is 354 g/mol. The minimum atomic E-state index is -0.134. The highest BCUT2D eigenvalue weighted by molar-refractivity contribution is 5.81. The molecule has 1 amide bonds. The molecule has 1 aliphatic heterocycles. The summed E-state index contributed by atoms with van der Waals surface area (Å²) in [5.74, 6) is 0.806. The number of aromatic nitrogens is 1. The zero-order valence-corrected chi connectivity index (χ0v) is 15.8. The van der Waals surface area contributed by atoms with Gasteiger partial charge in [-0.2, -0.15) is 0 Å². The number of carbonyl (C=O) groups is 1. The summed E-state index contributed by atoms with van der Waals surface area (Å²) in [6.45, 7) is 7.07. The van der Waals surface area contributed by atoms with Gasteiger partial charge >= 0.3 is 0 Å². The molecule has 1 unspecified atom stereocenters. The van der Waals surface area contributed by atoms with E-state index >= 15 is 0 Å². The molecule has 0 spiro atoms. The molecule has 1 atom stereocenters. The van der Waals surface area contributed by atoms with E-state index in [1.165, 1.54) is 0 Å². The van der Waals surface area contributed by atoms with Crippen LogP contribution in [0.25, 0.3) is 11.1 Å². The third kappa shape index (κ3) is 3.52. The summed E-state index contributed by atoms with van der Waals surface area (Å²) < 4.78 is 5.64. The van der Waals surface area contributed by atoms with Crippen molar-refractivity contribution in [3.8, 4) is 16.9 Å². The van der Waals surface area contributed by atoms with Crippen LogP contribution in [0.5, 0.6) is 5.75 Å². The van der Waals surface area contributed by atoms with Crippen molar-refractivity contribution in [1.82, 2.24) is 10.3 Å². The third-order valence-electron chi connectivity index (χ3n) is 4.97. The van der Waals surface area contributed by atoms with Crippen LogP contribution in [-0.4, -0.2) is 24.5 Å². The molecule has 0 aliphatic carbocycles. The van der Waals surface area contributed by atoms with Crippen LogP contribution in [-0.2, 0) is 16.6 Å². The van der Waals surface area contributed by atoms with E-state index < -0.39 is 0 Å². The summed E-state index contributed by atoms with van der Waals surface area (Å²) >= 11 is 0. The lowest BCUT2D eigenvalue weighted by Gasteiger charge is -2.25. The number of methoxy groups -OCH3 is 1. The second-order valence-corrected chi connectivity index (χ2v) is 7.85. The van der Waals surface area contributed by atoms with Crippen molar-refractivity contribution >= 4 is 5.91 Å². The van der Waals surface area contributed by atoms with Gasteiger partial charge in [0, 0.05) is 29.8 Å². The average molecular weight is 354 g/mol. The molecule has 0 radical (unpaired) electrons. The standard InChI is InChI=1S/C21H26N2O3/c1-21(2,3)17-12-16(15-6-5-8-22-20(15)25)14(11-18(17)26-4)10-13-7-9-23-19(13)24/h5-6,8,11-13H,7,9-10H2,1-4H3,(H,22,25)(H,23,24). The maximum Gasteiger partial charge on any atom is 0.255 e. The third-order valence-corrected chi connectivity index (χ3v) is 4.97. The zero-order valence-electron chi connectivity index (χ0n) is 15.8. The van der Waals surface area contributed by atoms with Crippen molar-refractivity contribution in [2.45, 2.75) is 39.0 Å². The first kappa shape index (κ1) is 18.2. The summed E-state index contributed by atoms with van der Waals surface area (Å²) in [7, 11) is 1.66. The van der Waals surface area contributed by atoms with Crippen LogP contribution in [0.15, 0.2) is 35.3 Å². The molecule has 26 heavy (non-hydrogen) atoms. The number of nitrogens with one attached hydrogen (secondary N) is 2. The Bertz CT molecular complexity index is 878. The Morgan fingerprint density at radius 2 is 1.96 bits per heavy atom. The van der Waals surface area contributed by atoms with Crippen LogP contribution in [0.3, 0.4) is 0 Å². The van der Waals surface area contributed by atoms with Crippen LogP contribution in [0.2, 0.25) is 0 Å². The molecule has 2 aromatic rings. The summed E-state index contributed by atoms with van der Waals surface area (Å²) in [4.78, 5) is 27.2. The minimum Gasteiger partial charge on any atom is -0.496 e. The predicted molar refractivity (Wildman–Crippen MR) is 103 cm³/mol. The van der Waals surface area contributed by atoms with Gasteiger partial charge in [0.1, 0.15) is 5.75 Å². The van der Waals surface area contributed by atoms with Crippen LogP contribution < -0.4 is 15.6 Å². The van der Waals surface area contributed by atoms with Gasteiger partial charge in [0.25, 0.3) is 5.56 Å². The van der Waals surface area contributed by atoms with Gasteiger partial charge in [0.05, 0.1) is 7.11 Å². The Labute approximate surface area is 153 Å². The number of hydrogen-bond donors (Lipinski definition) is 2. The van der Waals surface area contributed by atoms with Crippen molar-refractivity contribution in [2.75, 3.05) is 13.7 Å². The SMILES string of the molecule is COc1cc(CC2CCNC2=O)c(-c2ccc[nH]c2=O)cc1C(C)(C)C. The topological polar surface area (TPSA) is 71.2 Å². The van der Waals surface area contributed by atoms with Gasteiger partial charge in [-0.05, 0) is 53.6 Å². The van der Waals surface area contributed by atoms with Gasteiger partial charge in [-0.3, -0.25) is 9.59 Å². The van der Waals surface area contributed by atoms with Crippen molar-refractivity contribution in [2.24, 2.45) is 5.92 Å². The lowest BCUT2D eigenvalue weighted by molar-refractivity contribution is -0.122. The Morgan fingerprint density at radius 3 is 2.54 bits per heavy atom. The number of amides is 1. The quantitative estimate of drug-likeness (QED) is 0.886. The van der Waals surface area contributed by atoms with Crippen LogP contribution >= 0.6 is 0 Å². The van der Waals surface area contributed by atoms with E-state index in [1.807, 2.05) is 24.3 Å². The molecule has 0 saturated carbocycles. The number of H-pyrrole nitrogens is 1. The molecule has 5 heteroatoms. The van der Waals surface area contributed by atoms with E-state index in [-0.39, 0.29) is 22.8 Å². The summed E-state index contributed by atoms with van der Waals surface area (Å²) in [6.07, 6.45) is 3.03. The minimum absolute atomic E-state index is 0.0678. The lowest BCUT2D eigenvalue weighted by Crippen LogP contribution is -2.21. The molecular formula is C21H26N2O3. The summed E-state index contributed by atoms with van der Waals surface area (Å²) in [6, 6.07) is 7.69. The maximum atomic E-state index is 12.4. The van der Waals surface area contributed by atoms with E-state index in [0.717, 1.165) is 28.9 Å². The van der Waals surface area contributed by atoms with E-state index in [0.29, 0.717) is 18.5 Å². The number of hydrogen-bond acceptors (Lipinski definition) is 3. The van der Waals surface area contributed by atoms with E-state index in [9.17, 15) is 9.59 Å². The number of benzene rings is 1.